The van der Waals surface area contributed by atoms with Crippen molar-refractivity contribution in [1.29, 1.82) is 5.26 Å². The second-order valence-electron chi connectivity index (χ2n) is 4.23. The molecule has 0 spiro atoms. The van der Waals surface area contributed by atoms with Crippen molar-refractivity contribution in [1.82, 2.24) is 9.80 Å². The number of hydrogen-bond acceptors (Lipinski definition) is 3. The lowest BCUT2D eigenvalue weighted by Gasteiger charge is -2.33. The van der Waals surface area contributed by atoms with Crippen LogP contribution in [0.15, 0.2) is 28.7 Å². The molecule has 1 aromatic rings. The first-order valence-corrected chi connectivity index (χ1v) is 6.64. The highest BCUT2D eigenvalue weighted by molar-refractivity contribution is 9.10. The van der Waals surface area contributed by atoms with Crippen molar-refractivity contribution in [3.8, 4) is 6.07 Å². The zero-order valence-electron chi connectivity index (χ0n) is 9.97. The molecule has 94 valence electrons. The highest BCUT2D eigenvalue weighted by Gasteiger charge is 2.21. The molecule has 1 heterocycles. The summed E-state index contributed by atoms with van der Waals surface area (Å²) in [6, 6.07) is 9.54. The van der Waals surface area contributed by atoms with Crippen LogP contribution in [-0.4, -0.2) is 48.4 Å². The van der Waals surface area contributed by atoms with Gasteiger partial charge in [-0.3, -0.25) is 9.69 Å². The first-order chi connectivity index (χ1) is 8.70. The van der Waals surface area contributed by atoms with Crippen LogP contribution in [0, 0.1) is 11.3 Å². The maximum Gasteiger partial charge on any atom is 0.253 e. The molecule has 0 aliphatic carbocycles. The SMILES string of the molecule is N#CCN1CCN(C(=O)c2ccc(Br)cc2)CC1. The van der Waals surface area contributed by atoms with Crippen LogP contribution in [0.3, 0.4) is 0 Å². The molecule has 1 aliphatic heterocycles. The highest BCUT2D eigenvalue weighted by atomic mass is 79.9. The summed E-state index contributed by atoms with van der Waals surface area (Å²) in [5, 5.41) is 8.62. The number of nitriles is 1. The fourth-order valence-corrected chi connectivity index (χ4v) is 2.25. The topological polar surface area (TPSA) is 47.3 Å². The van der Waals surface area contributed by atoms with Crippen LogP contribution in [0.1, 0.15) is 10.4 Å². The molecule has 5 heteroatoms. The lowest BCUT2D eigenvalue weighted by molar-refractivity contribution is 0.0652. The average Bonchev–Trinajstić information content (AvgIpc) is 2.40. The van der Waals surface area contributed by atoms with Gasteiger partial charge in [0.15, 0.2) is 0 Å². The summed E-state index contributed by atoms with van der Waals surface area (Å²) in [5.41, 5.74) is 0.715. The van der Waals surface area contributed by atoms with Crippen molar-refractivity contribution >= 4 is 21.8 Å². The second kappa shape index (κ2) is 5.98. The molecule has 18 heavy (non-hydrogen) atoms. The Morgan fingerprint density at radius 2 is 1.83 bits per heavy atom. The molecular formula is C13H14BrN3O. The Kier molecular flexibility index (Phi) is 4.34. The summed E-state index contributed by atoms with van der Waals surface area (Å²) in [7, 11) is 0. The molecule has 0 bridgehead atoms. The first-order valence-electron chi connectivity index (χ1n) is 5.85. The molecule has 0 aromatic heterocycles. The van der Waals surface area contributed by atoms with Crippen molar-refractivity contribution < 1.29 is 4.79 Å². The Labute approximate surface area is 115 Å². The van der Waals surface area contributed by atoms with Crippen LogP contribution < -0.4 is 0 Å². The molecule has 0 radical (unpaired) electrons. The maximum atomic E-state index is 12.2. The Balaban J connectivity index is 1.95. The molecule has 1 amide bonds. The molecule has 1 saturated heterocycles. The maximum absolute atomic E-state index is 12.2. The Morgan fingerprint density at radius 3 is 2.39 bits per heavy atom. The van der Waals surface area contributed by atoms with E-state index in [0.29, 0.717) is 25.2 Å². The third-order valence-electron chi connectivity index (χ3n) is 3.04. The molecule has 0 unspecified atom stereocenters. The molecule has 1 aliphatic rings. The van der Waals surface area contributed by atoms with E-state index in [9.17, 15) is 4.79 Å². The minimum atomic E-state index is 0.0686. The van der Waals surface area contributed by atoms with Gasteiger partial charge in [0.25, 0.3) is 5.91 Å². The number of hydrogen-bond donors (Lipinski definition) is 0. The standard InChI is InChI=1S/C13H14BrN3O/c14-12-3-1-11(2-4-12)13(18)17-9-7-16(6-5-15)8-10-17/h1-4H,6-10H2. The lowest BCUT2D eigenvalue weighted by atomic mass is 10.2. The predicted molar refractivity (Wildman–Crippen MR) is 72.1 cm³/mol. The van der Waals surface area contributed by atoms with Crippen LogP contribution in [0.4, 0.5) is 0 Å². The van der Waals surface area contributed by atoms with Gasteiger partial charge in [0.2, 0.25) is 0 Å². The van der Waals surface area contributed by atoms with Gasteiger partial charge >= 0.3 is 0 Å². The van der Waals surface area contributed by atoms with E-state index in [1.54, 1.807) is 0 Å². The Hall–Kier alpha value is -1.38. The van der Waals surface area contributed by atoms with E-state index in [-0.39, 0.29) is 5.91 Å². The number of carbonyl (C=O) groups excluding carboxylic acids is 1. The van der Waals surface area contributed by atoms with E-state index in [4.69, 9.17) is 5.26 Å². The normalized spacial score (nSPS) is 16.3. The monoisotopic (exact) mass is 307 g/mol. The second-order valence-corrected chi connectivity index (χ2v) is 5.15. The van der Waals surface area contributed by atoms with Crippen molar-refractivity contribution in [3.05, 3.63) is 34.3 Å². The third kappa shape index (κ3) is 3.09. The van der Waals surface area contributed by atoms with Gasteiger partial charge in [0.05, 0.1) is 12.6 Å². The van der Waals surface area contributed by atoms with Crippen molar-refractivity contribution in [2.45, 2.75) is 0 Å². The zero-order valence-corrected chi connectivity index (χ0v) is 11.6. The van der Waals surface area contributed by atoms with Gasteiger partial charge < -0.3 is 4.90 Å². The first kappa shape index (κ1) is 13.1. The predicted octanol–water partition coefficient (Wildman–Crippen LogP) is 1.73. The summed E-state index contributed by atoms with van der Waals surface area (Å²) in [6.45, 7) is 3.37. The molecule has 1 aromatic carbocycles. The van der Waals surface area contributed by atoms with Crippen LogP contribution in [-0.2, 0) is 0 Å². The number of halogens is 1. The highest BCUT2D eigenvalue weighted by Crippen LogP contribution is 2.13. The van der Waals surface area contributed by atoms with E-state index < -0.39 is 0 Å². The number of rotatable bonds is 2. The van der Waals surface area contributed by atoms with E-state index in [0.717, 1.165) is 17.6 Å². The van der Waals surface area contributed by atoms with E-state index in [1.807, 2.05) is 29.2 Å². The quantitative estimate of drug-likeness (QED) is 0.782. The molecule has 4 nitrogen and oxygen atoms in total. The number of carbonyl (C=O) groups is 1. The van der Waals surface area contributed by atoms with Gasteiger partial charge in [-0.2, -0.15) is 5.26 Å². The number of nitrogens with zero attached hydrogens (tertiary/aromatic N) is 3. The fourth-order valence-electron chi connectivity index (χ4n) is 1.98. The molecule has 1 fully saturated rings. The third-order valence-corrected chi connectivity index (χ3v) is 3.57. The van der Waals surface area contributed by atoms with Crippen molar-refractivity contribution in [2.24, 2.45) is 0 Å². The Bertz CT molecular complexity index is 458. The van der Waals surface area contributed by atoms with Crippen LogP contribution in [0.25, 0.3) is 0 Å². The van der Waals surface area contributed by atoms with E-state index in [2.05, 4.69) is 26.9 Å². The summed E-state index contributed by atoms with van der Waals surface area (Å²) in [4.78, 5) is 16.1. The largest absolute Gasteiger partial charge is 0.336 e. The van der Waals surface area contributed by atoms with E-state index >= 15 is 0 Å². The van der Waals surface area contributed by atoms with Gasteiger partial charge in [-0.25, -0.2) is 0 Å². The number of benzene rings is 1. The molecule has 0 N–H and O–H groups in total. The summed E-state index contributed by atoms with van der Waals surface area (Å²) in [5.74, 6) is 0.0686. The molecule has 2 rings (SSSR count). The van der Waals surface area contributed by atoms with Gasteiger partial charge in [0, 0.05) is 36.2 Å². The average molecular weight is 308 g/mol. The van der Waals surface area contributed by atoms with E-state index in [1.165, 1.54) is 0 Å². The van der Waals surface area contributed by atoms with Crippen LogP contribution in [0.5, 0.6) is 0 Å². The number of piperazine rings is 1. The van der Waals surface area contributed by atoms with Gasteiger partial charge in [-0.1, -0.05) is 15.9 Å². The lowest BCUT2D eigenvalue weighted by Crippen LogP contribution is -2.48. The van der Waals surface area contributed by atoms with Gasteiger partial charge in [-0.15, -0.1) is 0 Å². The zero-order chi connectivity index (χ0) is 13.0. The molecule has 0 atom stereocenters. The molecular weight excluding hydrogens is 294 g/mol. The van der Waals surface area contributed by atoms with Crippen LogP contribution >= 0.6 is 15.9 Å². The number of amides is 1. The minimum absolute atomic E-state index is 0.0686. The van der Waals surface area contributed by atoms with Gasteiger partial charge in [-0.05, 0) is 24.3 Å². The summed E-state index contributed by atoms with van der Waals surface area (Å²) in [6.07, 6.45) is 0. The Morgan fingerprint density at radius 1 is 1.22 bits per heavy atom. The summed E-state index contributed by atoms with van der Waals surface area (Å²) < 4.78 is 0.970. The van der Waals surface area contributed by atoms with Gasteiger partial charge in [0.1, 0.15) is 0 Å². The van der Waals surface area contributed by atoms with Crippen LogP contribution in [0.2, 0.25) is 0 Å². The van der Waals surface area contributed by atoms with Crippen molar-refractivity contribution in [2.75, 3.05) is 32.7 Å². The fraction of sp³-hybridized carbons (Fsp3) is 0.385. The smallest absolute Gasteiger partial charge is 0.253 e. The summed E-state index contributed by atoms with van der Waals surface area (Å²) >= 11 is 3.35. The minimum Gasteiger partial charge on any atom is -0.336 e. The van der Waals surface area contributed by atoms with Crippen molar-refractivity contribution in [3.63, 3.8) is 0 Å². The molecule has 0 saturated carbocycles.